The molecule has 0 aromatic carbocycles. The van der Waals surface area contributed by atoms with Crippen LogP contribution < -0.4 is 0 Å². The van der Waals surface area contributed by atoms with Crippen LogP contribution in [0.2, 0.25) is 0 Å². The summed E-state index contributed by atoms with van der Waals surface area (Å²) in [6.45, 7) is 3.98. The SMILES string of the molecule is CC(C)c1noc2nc(C3CC3)cc(C(=O)N(C)C3(C(=O)O)CCCCC3)c12. The third-order valence-electron chi connectivity index (χ3n) is 6.29. The number of carbonyl (C=O) groups is 2. The van der Waals surface area contributed by atoms with Gasteiger partial charge in [0.1, 0.15) is 5.54 Å². The Labute approximate surface area is 164 Å². The number of hydrogen-bond acceptors (Lipinski definition) is 5. The quantitative estimate of drug-likeness (QED) is 0.833. The number of carboxylic acid groups (broad SMARTS) is 1. The standard InChI is InChI=1S/C21H27N3O4/c1-12(2)17-16-14(11-15(13-7-8-13)22-18(16)28-23-17)19(25)24(3)21(20(26)27)9-5-4-6-10-21/h11-13H,4-10H2,1-3H3,(H,26,27). The summed E-state index contributed by atoms with van der Waals surface area (Å²) in [6, 6.07) is 1.83. The van der Waals surface area contributed by atoms with E-state index in [4.69, 9.17) is 4.52 Å². The molecule has 2 aliphatic rings. The summed E-state index contributed by atoms with van der Waals surface area (Å²) in [5.41, 5.74) is 1.21. The van der Waals surface area contributed by atoms with E-state index in [0.29, 0.717) is 41.1 Å². The third-order valence-corrected chi connectivity index (χ3v) is 6.29. The molecule has 150 valence electrons. The zero-order valence-electron chi connectivity index (χ0n) is 16.7. The summed E-state index contributed by atoms with van der Waals surface area (Å²) >= 11 is 0. The van der Waals surface area contributed by atoms with Gasteiger partial charge in [-0.25, -0.2) is 9.78 Å². The monoisotopic (exact) mass is 385 g/mol. The molecule has 0 saturated heterocycles. The maximum absolute atomic E-state index is 13.6. The molecule has 0 spiro atoms. The number of likely N-dealkylation sites (N-methyl/N-ethyl adjacent to an activating group) is 1. The van der Waals surface area contributed by atoms with E-state index in [1.807, 2.05) is 19.9 Å². The van der Waals surface area contributed by atoms with Crippen LogP contribution in [0.1, 0.15) is 92.4 Å². The number of aliphatic carboxylic acids is 1. The van der Waals surface area contributed by atoms with Crippen molar-refractivity contribution in [1.29, 1.82) is 0 Å². The summed E-state index contributed by atoms with van der Waals surface area (Å²) in [5, 5.41) is 14.8. The van der Waals surface area contributed by atoms with E-state index < -0.39 is 11.5 Å². The molecule has 0 unspecified atom stereocenters. The predicted octanol–water partition coefficient (Wildman–Crippen LogP) is 4.08. The highest BCUT2D eigenvalue weighted by atomic mass is 16.5. The number of nitrogens with zero attached hydrogens (tertiary/aromatic N) is 3. The molecule has 0 aliphatic heterocycles. The highest BCUT2D eigenvalue weighted by Gasteiger charge is 2.46. The Balaban J connectivity index is 1.83. The number of carboxylic acids is 1. The van der Waals surface area contributed by atoms with Gasteiger partial charge in [-0.2, -0.15) is 0 Å². The molecule has 2 aliphatic carbocycles. The van der Waals surface area contributed by atoms with Gasteiger partial charge in [-0.15, -0.1) is 0 Å². The van der Waals surface area contributed by atoms with Crippen LogP contribution in [-0.4, -0.2) is 44.6 Å². The molecular formula is C21H27N3O4. The molecule has 2 aromatic heterocycles. The minimum atomic E-state index is -1.15. The second-order valence-electron chi connectivity index (χ2n) is 8.53. The molecule has 4 rings (SSSR count). The van der Waals surface area contributed by atoms with E-state index in [1.165, 1.54) is 4.90 Å². The molecule has 28 heavy (non-hydrogen) atoms. The molecule has 0 radical (unpaired) electrons. The van der Waals surface area contributed by atoms with Gasteiger partial charge < -0.3 is 14.5 Å². The van der Waals surface area contributed by atoms with E-state index in [2.05, 4.69) is 10.1 Å². The molecular weight excluding hydrogens is 358 g/mol. The lowest BCUT2D eigenvalue weighted by atomic mass is 9.80. The number of carbonyl (C=O) groups excluding carboxylic acids is 1. The van der Waals surface area contributed by atoms with Gasteiger partial charge in [-0.1, -0.05) is 38.3 Å². The van der Waals surface area contributed by atoms with E-state index in [-0.39, 0.29) is 11.8 Å². The number of aromatic nitrogens is 2. The molecule has 7 heteroatoms. The van der Waals surface area contributed by atoms with Crippen LogP contribution in [0.4, 0.5) is 0 Å². The van der Waals surface area contributed by atoms with Crippen molar-refractivity contribution >= 4 is 23.0 Å². The second-order valence-corrected chi connectivity index (χ2v) is 8.53. The first-order valence-corrected chi connectivity index (χ1v) is 10.2. The van der Waals surface area contributed by atoms with Crippen molar-refractivity contribution in [2.75, 3.05) is 7.05 Å². The van der Waals surface area contributed by atoms with Crippen molar-refractivity contribution < 1.29 is 19.2 Å². The lowest BCUT2D eigenvalue weighted by Crippen LogP contribution is -2.56. The van der Waals surface area contributed by atoms with Gasteiger partial charge in [0.15, 0.2) is 0 Å². The summed E-state index contributed by atoms with van der Waals surface area (Å²) in [6.07, 6.45) is 5.69. The predicted molar refractivity (Wildman–Crippen MR) is 103 cm³/mol. The van der Waals surface area contributed by atoms with Gasteiger partial charge in [-0.05, 0) is 37.7 Å². The number of amides is 1. The van der Waals surface area contributed by atoms with Crippen LogP contribution in [0, 0.1) is 0 Å². The Morgan fingerprint density at radius 1 is 1.25 bits per heavy atom. The molecule has 2 aromatic rings. The summed E-state index contributed by atoms with van der Waals surface area (Å²) in [4.78, 5) is 31.8. The number of hydrogen-bond donors (Lipinski definition) is 1. The number of pyridine rings is 1. The molecule has 7 nitrogen and oxygen atoms in total. The third kappa shape index (κ3) is 2.97. The van der Waals surface area contributed by atoms with Crippen LogP contribution >= 0.6 is 0 Å². The van der Waals surface area contributed by atoms with E-state index in [9.17, 15) is 14.7 Å². The zero-order chi connectivity index (χ0) is 20.1. The van der Waals surface area contributed by atoms with Crippen molar-refractivity contribution in [3.05, 3.63) is 23.0 Å². The molecule has 0 bridgehead atoms. The molecule has 2 fully saturated rings. The molecule has 0 atom stereocenters. The Morgan fingerprint density at radius 2 is 1.93 bits per heavy atom. The van der Waals surface area contributed by atoms with Gasteiger partial charge in [0.05, 0.1) is 16.6 Å². The minimum absolute atomic E-state index is 0.0646. The van der Waals surface area contributed by atoms with E-state index in [0.717, 1.165) is 37.8 Å². The summed E-state index contributed by atoms with van der Waals surface area (Å²) in [5.74, 6) is -0.805. The summed E-state index contributed by atoms with van der Waals surface area (Å²) in [7, 11) is 1.62. The topological polar surface area (TPSA) is 96.5 Å². The fourth-order valence-corrected chi connectivity index (χ4v) is 4.35. The lowest BCUT2D eigenvalue weighted by molar-refractivity contribution is -0.151. The second kappa shape index (κ2) is 6.87. The highest BCUT2D eigenvalue weighted by Crippen LogP contribution is 2.42. The number of rotatable bonds is 5. The van der Waals surface area contributed by atoms with Gasteiger partial charge >= 0.3 is 5.97 Å². The van der Waals surface area contributed by atoms with E-state index >= 15 is 0 Å². The number of fused-ring (bicyclic) bond motifs is 1. The minimum Gasteiger partial charge on any atom is -0.479 e. The molecule has 1 amide bonds. The van der Waals surface area contributed by atoms with Gasteiger partial charge in [0.25, 0.3) is 11.6 Å². The van der Waals surface area contributed by atoms with Crippen molar-refractivity contribution in [2.24, 2.45) is 0 Å². The van der Waals surface area contributed by atoms with Crippen molar-refractivity contribution in [1.82, 2.24) is 15.0 Å². The van der Waals surface area contributed by atoms with Gasteiger partial charge in [0, 0.05) is 18.7 Å². The fraction of sp³-hybridized carbons (Fsp3) is 0.619. The first-order valence-electron chi connectivity index (χ1n) is 10.2. The smallest absolute Gasteiger partial charge is 0.329 e. The van der Waals surface area contributed by atoms with Gasteiger partial charge in [0.2, 0.25) is 0 Å². The average molecular weight is 385 g/mol. The lowest BCUT2D eigenvalue weighted by Gasteiger charge is -2.41. The van der Waals surface area contributed by atoms with Crippen molar-refractivity contribution in [2.45, 2.75) is 76.2 Å². The van der Waals surface area contributed by atoms with Crippen molar-refractivity contribution in [3.8, 4) is 0 Å². The summed E-state index contributed by atoms with van der Waals surface area (Å²) < 4.78 is 5.47. The first-order chi connectivity index (χ1) is 13.3. The maximum atomic E-state index is 13.6. The molecule has 2 saturated carbocycles. The van der Waals surface area contributed by atoms with Gasteiger partial charge in [-0.3, -0.25) is 4.79 Å². The molecule has 1 N–H and O–H groups in total. The average Bonchev–Trinajstić information content (AvgIpc) is 3.45. The van der Waals surface area contributed by atoms with Crippen LogP contribution in [0.15, 0.2) is 10.6 Å². The normalized spacial score (nSPS) is 19.1. The Bertz CT molecular complexity index is 923. The van der Waals surface area contributed by atoms with Crippen molar-refractivity contribution in [3.63, 3.8) is 0 Å². The first kappa shape index (κ1) is 18.9. The Hall–Kier alpha value is -2.44. The van der Waals surface area contributed by atoms with Crippen LogP contribution in [0.3, 0.4) is 0 Å². The fourth-order valence-electron chi connectivity index (χ4n) is 4.35. The Morgan fingerprint density at radius 3 is 2.50 bits per heavy atom. The largest absolute Gasteiger partial charge is 0.479 e. The Kier molecular flexibility index (Phi) is 4.63. The van der Waals surface area contributed by atoms with Crippen LogP contribution in [0.5, 0.6) is 0 Å². The molecule has 2 heterocycles. The van der Waals surface area contributed by atoms with Crippen LogP contribution in [-0.2, 0) is 4.79 Å². The zero-order valence-corrected chi connectivity index (χ0v) is 16.7. The maximum Gasteiger partial charge on any atom is 0.329 e. The van der Waals surface area contributed by atoms with Crippen LogP contribution in [0.25, 0.3) is 11.1 Å². The highest BCUT2D eigenvalue weighted by molar-refractivity contribution is 6.07. The van der Waals surface area contributed by atoms with E-state index in [1.54, 1.807) is 7.05 Å².